The van der Waals surface area contributed by atoms with E-state index in [1.807, 2.05) is 0 Å². The van der Waals surface area contributed by atoms with Crippen LogP contribution in [0.1, 0.15) is 55.0 Å². The van der Waals surface area contributed by atoms with Crippen LogP contribution in [-0.2, 0) is 0 Å². The minimum atomic E-state index is 0.261. The molecular formula is C17H28N2. The first-order chi connectivity index (χ1) is 8.91. The third kappa shape index (κ3) is 2.85. The zero-order valence-electron chi connectivity index (χ0n) is 13.0. The van der Waals surface area contributed by atoms with Gasteiger partial charge in [0, 0.05) is 12.1 Å². The van der Waals surface area contributed by atoms with Crippen LogP contribution in [0.3, 0.4) is 0 Å². The topological polar surface area (TPSA) is 29.3 Å². The number of hydrogen-bond acceptors (Lipinski definition) is 2. The molecule has 1 aliphatic rings. The Bertz CT molecular complexity index is 451. The fourth-order valence-corrected chi connectivity index (χ4v) is 3.34. The molecule has 1 aromatic carbocycles. The van der Waals surface area contributed by atoms with E-state index in [1.54, 1.807) is 0 Å². The van der Waals surface area contributed by atoms with Crippen molar-refractivity contribution in [2.75, 3.05) is 6.54 Å². The molecule has 1 heterocycles. The second-order valence-electron chi connectivity index (χ2n) is 6.38. The molecule has 1 aromatic rings. The van der Waals surface area contributed by atoms with Gasteiger partial charge in [0.1, 0.15) is 0 Å². The predicted molar refractivity (Wildman–Crippen MR) is 82.4 cm³/mol. The second-order valence-corrected chi connectivity index (χ2v) is 6.38. The summed E-state index contributed by atoms with van der Waals surface area (Å²) < 4.78 is 0. The Kier molecular flexibility index (Phi) is 4.32. The molecule has 0 aliphatic carbocycles. The Hall–Kier alpha value is -0.860. The van der Waals surface area contributed by atoms with E-state index in [2.05, 4.69) is 51.7 Å². The van der Waals surface area contributed by atoms with Crippen LogP contribution in [0.15, 0.2) is 12.1 Å². The quantitative estimate of drug-likeness (QED) is 0.882. The summed E-state index contributed by atoms with van der Waals surface area (Å²) in [6.45, 7) is 12.3. The van der Waals surface area contributed by atoms with Gasteiger partial charge in [0.25, 0.3) is 0 Å². The molecular weight excluding hydrogens is 232 g/mol. The van der Waals surface area contributed by atoms with Crippen molar-refractivity contribution in [3.63, 3.8) is 0 Å². The minimum absolute atomic E-state index is 0.261. The van der Waals surface area contributed by atoms with Gasteiger partial charge in [-0.15, -0.1) is 0 Å². The van der Waals surface area contributed by atoms with E-state index in [0.717, 1.165) is 6.42 Å². The summed E-state index contributed by atoms with van der Waals surface area (Å²) in [7, 11) is 0. The van der Waals surface area contributed by atoms with Crippen molar-refractivity contribution in [2.24, 2.45) is 5.73 Å². The van der Waals surface area contributed by atoms with Crippen LogP contribution in [0, 0.1) is 20.8 Å². The van der Waals surface area contributed by atoms with E-state index in [9.17, 15) is 0 Å². The van der Waals surface area contributed by atoms with Gasteiger partial charge in [-0.1, -0.05) is 12.1 Å². The number of benzene rings is 1. The lowest BCUT2D eigenvalue weighted by Crippen LogP contribution is -2.48. The first-order valence-corrected chi connectivity index (χ1v) is 7.51. The molecule has 2 nitrogen and oxygen atoms in total. The molecule has 0 aromatic heterocycles. The number of piperidine rings is 1. The third-order valence-electron chi connectivity index (χ3n) is 4.58. The van der Waals surface area contributed by atoms with Crippen molar-refractivity contribution >= 4 is 0 Å². The van der Waals surface area contributed by atoms with Crippen molar-refractivity contribution in [3.05, 3.63) is 34.4 Å². The maximum Gasteiger partial charge on any atom is 0.0504 e. The van der Waals surface area contributed by atoms with Crippen molar-refractivity contribution in [1.29, 1.82) is 0 Å². The molecule has 0 amide bonds. The number of nitrogens with two attached hydrogens (primary N) is 1. The summed E-state index contributed by atoms with van der Waals surface area (Å²) in [6, 6.07) is 5.86. The lowest BCUT2D eigenvalue weighted by atomic mass is 9.86. The SMILES string of the molecule is Cc1cc(C)c(C2C(N)CCCN2C(C)C)cc1C. The molecule has 0 saturated carbocycles. The Labute approximate surface area is 118 Å². The molecule has 106 valence electrons. The van der Waals surface area contributed by atoms with E-state index in [1.165, 1.54) is 35.2 Å². The largest absolute Gasteiger partial charge is 0.326 e. The zero-order valence-corrected chi connectivity index (χ0v) is 13.0. The van der Waals surface area contributed by atoms with E-state index < -0.39 is 0 Å². The standard InChI is InChI=1S/C17H28N2/c1-11(2)19-8-6-7-16(18)17(19)15-10-13(4)12(3)9-14(15)5/h9-11,16-17H,6-8,18H2,1-5H3. The molecule has 0 spiro atoms. The average molecular weight is 260 g/mol. The van der Waals surface area contributed by atoms with Gasteiger partial charge in [-0.3, -0.25) is 4.90 Å². The number of rotatable bonds is 2. The van der Waals surface area contributed by atoms with Crippen LogP contribution in [0.2, 0.25) is 0 Å². The van der Waals surface area contributed by atoms with Crippen LogP contribution >= 0.6 is 0 Å². The predicted octanol–water partition coefficient (Wildman–Crippen LogP) is 3.48. The van der Waals surface area contributed by atoms with Gasteiger partial charge in [0.2, 0.25) is 0 Å². The van der Waals surface area contributed by atoms with E-state index in [-0.39, 0.29) is 6.04 Å². The zero-order chi connectivity index (χ0) is 14.2. The van der Waals surface area contributed by atoms with Gasteiger partial charge in [-0.2, -0.15) is 0 Å². The highest BCUT2D eigenvalue weighted by molar-refractivity contribution is 5.39. The van der Waals surface area contributed by atoms with Gasteiger partial charge >= 0.3 is 0 Å². The highest BCUT2D eigenvalue weighted by Crippen LogP contribution is 2.34. The molecule has 0 bridgehead atoms. The first kappa shape index (κ1) is 14.5. The second kappa shape index (κ2) is 5.64. The summed E-state index contributed by atoms with van der Waals surface area (Å²) in [4.78, 5) is 2.57. The van der Waals surface area contributed by atoms with Crippen molar-refractivity contribution < 1.29 is 0 Å². The molecule has 1 fully saturated rings. The van der Waals surface area contributed by atoms with E-state index in [0.29, 0.717) is 12.1 Å². The van der Waals surface area contributed by atoms with Crippen molar-refractivity contribution in [1.82, 2.24) is 4.90 Å². The molecule has 1 saturated heterocycles. The Morgan fingerprint density at radius 2 is 1.74 bits per heavy atom. The molecule has 2 rings (SSSR count). The van der Waals surface area contributed by atoms with Gasteiger partial charge in [-0.05, 0) is 76.3 Å². The van der Waals surface area contributed by atoms with Gasteiger partial charge in [-0.25, -0.2) is 0 Å². The van der Waals surface area contributed by atoms with E-state index >= 15 is 0 Å². The van der Waals surface area contributed by atoms with E-state index in [4.69, 9.17) is 5.73 Å². The fraction of sp³-hybridized carbons (Fsp3) is 0.647. The number of aryl methyl sites for hydroxylation is 3. The normalized spacial score (nSPS) is 25.0. The van der Waals surface area contributed by atoms with Crippen LogP contribution in [-0.4, -0.2) is 23.5 Å². The maximum absolute atomic E-state index is 6.45. The monoisotopic (exact) mass is 260 g/mol. The summed E-state index contributed by atoms with van der Waals surface area (Å²) in [5.74, 6) is 0. The molecule has 2 heteroatoms. The summed E-state index contributed by atoms with van der Waals surface area (Å²) in [5.41, 5.74) is 12.0. The molecule has 1 aliphatic heterocycles. The lowest BCUT2D eigenvalue weighted by molar-refractivity contribution is 0.0942. The van der Waals surface area contributed by atoms with Gasteiger partial charge in [0.05, 0.1) is 6.04 Å². The highest BCUT2D eigenvalue weighted by atomic mass is 15.2. The summed E-state index contributed by atoms with van der Waals surface area (Å²) in [5, 5.41) is 0. The van der Waals surface area contributed by atoms with Crippen LogP contribution in [0.4, 0.5) is 0 Å². The average Bonchev–Trinajstić information content (AvgIpc) is 2.34. The van der Waals surface area contributed by atoms with Crippen LogP contribution in [0.5, 0.6) is 0 Å². The third-order valence-corrected chi connectivity index (χ3v) is 4.58. The molecule has 19 heavy (non-hydrogen) atoms. The molecule has 2 atom stereocenters. The first-order valence-electron chi connectivity index (χ1n) is 7.51. The van der Waals surface area contributed by atoms with Crippen LogP contribution < -0.4 is 5.73 Å². The summed E-state index contributed by atoms with van der Waals surface area (Å²) >= 11 is 0. The Morgan fingerprint density at radius 1 is 1.11 bits per heavy atom. The fourth-order valence-electron chi connectivity index (χ4n) is 3.34. The lowest BCUT2D eigenvalue weighted by Gasteiger charge is -2.43. The highest BCUT2D eigenvalue weighted by Gasteiger charge is 2.32. The summed E-state index contributed by atoms with van der Waals surface area (Å²) in [6.07, 6.45) is 2.36. The number of nitrogens with zero attached hydrogens (tertiary/aromatic N) is 1. The van der Waals surface area contributed by atoms with Gasteiger partial charge in [0.15, 0.2) is 0 Å². The molecule has 2 unspecified atom stereocenters. The van der Waals surface area contributed by atoms with Crippen molar-refractivity contribution in [2.45, 2.75) is 65.6 Å². The van der Waals surface area contributed by atoms with Gasteiger partial charge < -0.3 is 5.73 Å². The van der Waals surface area contributed by atoms with Crippen molar-refractivity contribution in [3.8, 4) is 0 Å². The smallest absolute Gasteiger partial charge is 0.0504 e. The molecule has 2 N–H and O–H groups in total. The Morgan fingerprint density at radius 3 is 2.37 bits per heavy atom. The number of hydrogen-bond donors (Lipinski definition) is 1. The van der Waals surface area contributed by atoms with Crippen LogP contribution in [0.25, 0.3) is 0 Å². The minimum Gasteiger partial charge on any atom is -0.326 e. The molecule has 0 radical (unpaired) electrons. The Balaban J connectivity index is 2.44. The number of likely N-dealkylation sites (tertiary alicyclic amines) is 1. The maximum atomic E-state index is 6.45.